The van der Waals surface area contributed by atoms with Gasteiger partial charge >= 0.3 is 0 Å². The first-order valence-corrected chi connectivity index (χ1v) is 17.0. The molecule has 0 aliphatic rings. The van der Waals surface area contributed by atoms with Crippen LogP contribution in [0.3, 0.4) is 0 Å². The number of benzene rings is 7. The van der Waals surface area contributed by atoms with Gasteiger partial charge in [-0.1, -0.05) is 103 Å². The predicted molar refractivity (Wildman–Crippen MR) is 206 cm³/mol. The van der Waals surface area contributed by atoms with Crippen molar-refractivity contribution in [2.24, 2.45) is 0 Å². The second-order valence-electron chi connectivity index (χ2n) is 13.0. The lowest BCUT2D eigenvalue weighted by molar-refractivity contribution is 0.666. The van der Waals surface area contributed by atoms with E-state index in [1.165, 1.54) is 0 Å². The fourth-order valence-corrected chi connectivity index (χ4v) is 7.38. The van der Waals surface area contributed by atoms with Crippen molar-refractivity contribution < 1.29 is 13.3 Å². The third-order valence-corrected chi connectivity index (χ3v) is 9.91. The van der Waals surface area contributed by atoms with Gasteiger partial charge in [-0.25, -0.2) is 9.97 Å². The van der Waals surface area contributed by atoms with Gasteiger partial charge in [-0.2, -0.15) is 0 Å². The van der Waals surface area contributed by atoms with Gasteiger partial charge in [0.2, 0.25) is 0 Å². The lowest BCUT2D eigenvalue weighted by atomic mass is 10.00. The normalized spacial score (nSPS) is 11.9. The number of rotatable bonds is 4. The molecule has 5 heteroatoms. The largest absolute Gasteiger partial charge is 0.456 e. The minimum Gasteiger partial charge on any atom is -0.456 e. The standard InChI is InChI=1S/C46H26N2O3/c1-3-9-27(10-4-1)29-16-22-41-37(25-29)44-45(51-41)43(47-46(48-44)28-11-5-2-6-12-28)32-15-19-34-36-24-31(18-21-40(36)50-42(34)26-32)30-17-20-39-35(23-30)33-13-7-8-14-38(33)49-39/h1-26H. The maximum Gasteiger partial charge on any atom is 0.180 e. The van der Waals surface area contributed by atoms with Gasteiger partial charge in [0.05, 0.1) is 0 Å². The highest BCUT2D eigenvalue weighted by molar-refractivity contribution is 6.11. The molecule has 238 valence electrons. The van der Waals surface area contributed by atoms with Crippen molar-refractivity contribution >= 4 is 65.9 Å². The molecule has 0 amide bonds. The Hall–Kier alpha value is -6.98. The highest BCUT2D eigenvalue weighted by Crippen LogP contribution is 2.40. The molecule has 0 saturated carbocycles. The zero-order valence-electron chi connectivity index (χ0n) is 27.1. The number of para-hydroxylation sites is 1. The number of hydrogen-bond donors (Lipinski definition) is 0. The Kier molecular flexibility index (Phi) is 5.89. The first-order chi connectivity index (χ1) is 25.2. The van der Waals surface area contributed by atoms with E-state index >= 15 is 0 Å². The second kappa shape index (κ2) is 10.8. The van der Waals surface area contributed by atoms with Crippen LogP contribution in [-0.4, -0.2) is 9.97 Å². The first-order valence-electron chi connectivity index (χ1n) is 17.0. The summed E-state index contributed by atoms with van der Waals surface area (Å²) in [5.41, 5.74) is 12.6. The maximum absolute atomic E-state index is 6.54. The minimum absolute atomic E-state index is 0.641. The van der Waals surface area contributed by atoms with E-state index in [0.717, 1.165) is 99.4 Å². The number of fused-ring (bicyclic) bond motifs is 9. The van der Waals surface area contributed by atoms with Crippen LogP contribution in [0.4, 0.5) is 0 Å². The van der Waals surface area contributed by atoms with E-state index in [9.17, 15) is 0 Å². The van der Waals surface area contributed by atoms with Crippen LogP contribution in [0, 0.1) is 0 Å². The molecule has 0 N–H and O–H groups in total. The average Bonchev–Trinajstić information content (AvgIpc) is 3.88. The SMILES string of the molecule is c1ccc(-c2ccc3oc4c(-c5ccc6c(c5)oc5ccc(-c7ccc8oc9ccccc9c8c7)cc56)nc(-c5ccccc5)nc4c3c2)cc1. The second-order valence-corrected chi connectivity index (χ2v) is 13.0. The molecule has 11 rings (SSSR count). The van der Waals surface area contributed by atoms with Crippen molar-refractivity contribution in [2.45, 2.75) is 0 Å². The molecule has 0 bridgehead atoms. The van der Waals surface area contributed by atoms with Gasteiger partial charge in [0.1, 0.15) is 39.1 Å². The van der Waals surface area contributed by atoms with E-state index in [1.54, 1.807) is 0 Å². The third kappa shape index (κ3) is 4.42. The van der Waals surface area contributed by atoms with Crippen molar-refractivity contribution in [3.05, 3.63) is 158 Å². The summed E-state index contributed by atoms with van der Waals surface area (Å²) in [6.45, 7) is 0. The molecule has 0 spiro atoms. The van der Waals surface area contributed by atoms with Gasteiger partial charge in [-0.05, 0) is 76.9 Å². The summed E-state index contributed by atoms with van der Waals surface area (Å²) in [7, 11) is 0. The molecular formula is C46H26N2O3. The van der Waals surface area contributed by atoms with Gasteiger partial charge < -0.3 is 13.3 Å². The molecule has 0 aliphatic heterocycles. The average molecular weight is 655 g/mol. The highest BCUT2D eigenvalue weighted by atomic mass is 16.3. The molecule has 7 aromatic carbocycles. The quantitative estimate of drug-likeness (QED) is 0.189. The Morgan fingerprint density at radius 3 is 1.57 bits per heavy atom. The summed E-state index contributed by atoms with van der Waals surface area (Å²) in [6, 6.07) is 54.0. The van der Waals surface area contributed by atoms with Crippen LogP contribution < -0.4 is 0 Å². The summed E-state index contributed by atoms with van der Waals surface area (Å²) in [5.74, 6) is 0.641. The molecule has 4 heterocycles. The molecule has 5 nitrogen and oxygen atoms in total. The van der Waals surface area contributed by atoms with Crippen molar-refractivity contribution in [1.29, 1.82) is 0 Å². The first kappa shape index (κ1) is 27.9. The molecular weight excluding hydrogens is 629 g/mol. The van der Waals surface area contributed by atoms with Crippen molar-refractivity contribution in [1.82, 2.24) is 9.97 Å². The number of furan rings is 3. The fourth-order valence-electron chi connectivity index (χ4n) is 7.38. The number of hydrogen-bond acceptors (Lipinski definition) is 5. The smallest absolute Gasteiger partial charge is 0.180 e. The van der Waals surface area contributed by atoms with Crippen LogP contribution in [0.2, 0.25) is 0 Å². The summed E-state index contributed by atoms with van der Waals surface area (Å²) < 4.78 is 19.1. The zero-order chi connectivity index (χ0) is 33.5. The summed E-state index contributed by atoms with van der Waals surface area (Å²) in [6.07, 6.45) is 0. The van der Waals surface area contributed by atoms with E-state index in [0.29, 0.717) is 11.4 Å². The number of nitrogens with zero attached hydrogens (tertiary/aromatic N) is 2. The Balaban J connectivity index is 1.07. The lowest BCUT2D eigenvalue weighted by Gasteiger charge is -2.06. The third-order valence-electron chi connectivity index (χ3n) is 9.91. The molecule has 4 aromatic heterocycles. The van der Waals surface area contributed by atoms with Gasteiger partial charge in [-0.3, -0.25) is 0 Å². The molecule has 0 aliphatic carbocycles. The molecule has 11 aromatic rings. The topological polar surface area (TPSA) is 65.2 Å². The Morgan fingerprint density at radius 2 is 0.843 bits per heavy atom. The van der Waals surface area contributed by atoms with Crippen molar-refractivity contribution in [2.75, 3.05) is 0 Å². The fraction of sp³-hybridized carbons (Fsp3) is 0. The molecule has 0 fully saturated rings. The van der Waals surface area contributed by atoms with Crippen LogP contribution >= 0.6 is 0 Å². The van der Waals surface area contributed by atoms with E-state index in [2.05, 4.69) is 97.1 Å². The molecule has 0 atom stereocenters. The van der Waals surface area contributed by atoms with Crippen LogP contribution in [0.1, 0.15) is 0 Å². The van der Waals surface area contributed by atoms with Crippen LogP contribution in [-0.2, 0) is 0 Å². The molecule has 0 saturated heterocycles. The Bertz CT molecular complexity index is 3130. The van der Waals surface area contributed by atoms with Gasteiger partial charge in [-0.15, -0.1) is 0 Å². The van der Waals surface area contributed by atoms with E-state index < -0.39 is 0 Å². The van der Waals surface area contributed by atoms with E-state index in [-0.39, 0.29) is 0 Å². The minimum atomic E-state index is 0.641. The lowest BCUT2D eigenvalue weighted by Crippen LogP contribution is -1.93. The molecule has 0 unspecified atom stereocenters. The van der Waals surface area contributed by atoms with Crippen LogP contribution in [0.15, 0.2) is 171 Å². The van der Waals surface area contributed by atoms with Crippen LogP contribution in [0.25, 0.3) is 111 Å². The molecule has 0 radical (unpaired) electrons. The van der Waals surface area contributed by atoms with Crippen molar-refractivity contribution in [3.8, 4) is 44.9 Å². The maximum atomic E-state index is 6.54. The summed E-state index contributed by atoms with van der Waals surface area (Å²) in [5, 5.41) is 5.27. The summed E-state index contributed by atoms with van der Waals surface area (Å²) >= 11 is 0. The Morgan fingerprint density at radius 1 is 0.314 bits per heavy atom. The Labute approximate surface area is 291 Å². The zero-order valence-corrected chi connectivity index (χ0v) is 27.1. The number of aromatic nitrogens is 2. The molecule has 51 heavy (non-hydrogen) atoms. The summed E-state index contributed by atoms with van der Waals surface area (Å²) in [4.78, 5) is 10.2. The van der Waals surface area contributed by atoms with Gasteiger partial charge in [0, 0.05) is 38.1 Å². The van der Waals surface area contributed by atoms with Gasteiger partial charge in [0.15, 0.2) is 11.4 Å². The van der Waals surface area contributed by atoms with Crippen molar-refractivity contribution in [3.63, 3.8) is 0 Å². The van der Waals surface area contributed by atoms with Crippen LogP contribution in [0.5, 0.6) is 0 Å². The van der Waals surface area contributed by atoms with Gasteiger partial charge in [0.25, 0.3) is 0 Å². The van der Waals surface area contributed by atoms with E-state index in [4.69, 9.17) is 23.2 Å². The highest BCUT2D eigenvalue weighted by Gasteiger charge is 2.20. The predicted octanol–water partition coefficient (Wildman–Crippen LogP) is 12.8. The monoisotopic (exact) mass is 654 g/mol. The van der Waals surface area contributed by atoms with E-state index in [1.807, 2.05) is 60.7 Å².